The van der Waals surface area contributed by atoms with Gasteiger partial charge in [-0.2, -0.15) is 5.10 Å². The molecule has 1 aromatic heterocycles. The smallest absolute Gasteiger partial charge is 0.0727 e. The van der Waals surface area contributed by atoms with Crippen LogP contribution in [0.4, 0.5) is 5.69 Å². The van der Waals surface area contributed by atoms with E-state index < -0.39 is 0 Å². The van der Waals surface area contributed by atoms with Crippen LogP contribution in [-0.4, -0.2) is 9.78 Å². The van der Waals surface area contributed by atoms with Gasteiger partial charge >= 0.3 is 0 Å². The second-order valence-corrected chi connectivity index (χ2v) is 6.65. The first kappa shape index (κ1) is 13.8. The van der Waals surface area contributed by atoms with E-state index in [1.807, 2.05) is 12.1 Å². The summed E-state index contributed by atoms with van der Waals surface area (Å²) >= 11 is 7.61. The lowest BCUT2D eigenvalue weighted by Gasteiger charge is -2.09. The molecule has 1 aliphatic carbocycles. The number of nitrogens with two attached hydrogens (primary N) is 1. The monoisotopic (exact) mass is 307 g/mol. The van der Waals surface area contributed by atoms with Crippen molar-refractivity contribution in [3.8, 4) is 0 Å². The number of rotatable bonds is 4. The first-order valence-corrected chi connectivity index (χ1v) is 8.30. The van der Waals surface area contributed by atoms with Crippen LogP contribution in [0, 0.1) is 0 Å². The van der Waals surface area contributed by atoms with E-state index in [0.717, 1.165) is 22.0 Å². The Morgan fingerprint density at radius 2 is 2.10 bits per heavy atom. The second-order valence-electron chi connectivity index (χ2n) is 5.20. The molecule has 1 saturated carbocycles. The number of hydrogen-bond donors (Lipinski definition) is 1. The fourth-order valence-electron chi connectivity index (χ4n) is 2.63. The van der Waals surface area contributed by atoms with Gasteiger partial charge in [-0.05, 0) is 37.1 Å². The number of halogens is 1. The van der Waals surface area contributed by atoms with Gasteiger partial charge in [0.2, 0.25) is 0 Å². The Hall–Kier alpha value is -1.13. The Kier molecular flexibility index (Phi) is 4.22. The van der Waals surface area contributed by atoms with Crippen molar-refractivity contribution in [1.29, 1.82) is 0 Å². The van der Waals surface area contributed by atoms with E-state index in [0.29, 0.717) is 11.1 Å². The molecule has 20 heavy (non-hydrogen) atoms. The Morgan fingerprint density at radius 3 is 2.85 bits per heavy atom. The highest BCUT2D eigenvalue weighted by Crippen LogP contribution is 2.31. The minimum absolute atomic E-state index is 0.606. The van der Waals surface area contributed by atoms with Gasteiger partial charge in [-0.3, -0.25) is 4.68 Å². The molecule has 2 N–H and O–H groups in total. The summed E-state index contributed by atoms with van der Waals surface area (Å²) in [4.78, 5) is 1.06. The van der Waals surface area contributed by atoms with E-state index in [4.69, 9.17) is 17.3 Å². The molecule has 1 aliphatic rings. The first-order chi connectivity index (χ1) is 9.72. The Labute approximate surface area is 128 Å². The van der Waals surface area contributed by atoms with Gasteiger partial charge in [-0.1, -0.05) is 24.4 Å². The van der Waals surface area contributed by atoms with Gasteiger partial charge in [0.15, 0.2) is 0 Å². The van der Waals surface area contributed by atoms with Crippen molar-refractivity contribution >= 4 is 29.1 Å². The number of thioether (sulfide) groups is 1. The van der Waals surface area contributed by atoms with Gasteiger partial charge in [0, 0.05) is 27.6 Å². The third kappa shape index (κ3) is 3.13. The van der Waals surface area contributed by atoms with E-state index in [1.54, 1.807) is 17.8 Å². The van der Waals surface area contributed by atoms with Crippen molar-refractivity contribution in [2.75, 3.05) is 5.73 Å². The molecular weight excluding hydrogens is 290 g/mol. The molecule has 3 rings (SSSR count). The van der Waals surface area contributed by atoms with Crippen molar-refractivity contribution in [1.82, 2.24) is 9.78 Å². The number of benzene rings is 1. The van der Waals surface area contributed by atoms with Crippen molar-refractivity contribution in [3.63, 3.8) is 0 Å². The lowest BCUT2D eigenvalue weighted by atomic mass is 10.3. The molecule has 1 aromatic carbocycles. The molecule has 2 aromatic rings. The highest BCUT2D eigenvalue weighted by atomic mass is 35.5. The van der Waals surface area contributed by atoms with E-state index in [-0.39, 0.29) is 0 Å². The molecule has 1 heterocycles. The number of hydrogen-bond acceptors (Lipinski definition) is 3. The number of anilines is 1. The van der Waals surface area contributed by atoms with Crippen molar-refractivity contribution in [3.05, 3.63) is 41.2 Å². The zero-order valence-corrected chi connectivity index (χ0v) is 12.8. The minimum atomic E-state index is 0.606. The number of nitrogens with zero attached hydrogens (tertiary/aromatic N) is 2. The maximum absolute atomic E-state index is 5.96. The van der Waals surface area contributed by atoms with Crippen LogP contribution >= 0.6 is 23.4 Å². The SMILES string of the molecule is Nc1cc(Cl)ccc1SCc1ccn(C2CCCC2)n1. The fraction of sp³-hybridized carbons (Fsp3) is 0.400. The van der Waals surface area contributed by atoms with Crippen LogP contribution in [0.15, 0.2) is 35.4 Å². The third-order valence-electron chi connectivity index (χ3n) is 3.71. The maximum Gasteiger partial charge on any atom is 0.0727 e. The summed E-state index contributed by atoms with van der Waals surface area (Å²) in [6.45, 7) is 0. The van der Waals surface area contributed by atoms with Crippen LogP contribution in [-0.2, 0) is 5.75 Å². The molecule has 0 bridgehead atoms. The van der Waals surface area contributed by atoms with Gasteiger partial charge in [0.25, 0.3) is 0 Å². The average Bonchev–Trinajstić information content (AvgIpc) is 3.08. The summed E-state index contributed by atoms with van der Waals surface area (Å²) in [7, 11) is 0. The Morgan fingerprint density at radius 1 is 1.30 bits per heavy atom. The van der Waals surface area contributed by atoms with Gasteiger partial charge in [-0.25, -0.2) is 0 Å². The topological polar surface area (TPSA) is 43.8 Å². The molecule has 0 unspecified atom stereocenters. The molecule has 0 radical (unpaired) electrons. The predicted molar refractivity (Wildman–Crippen MR) is 85.2 cm³/mol. The second kappa shape index (κ2) is 6.10. The summed E-state index contributed by atoms with van der Waals surface area (Å²) in [5.74, 6) is 0.839. The molecule has 0 spiro atoms. The lowest BCUT2D eigenvalue weighted by molar-refractivity contribution is 0.464. The van der Waals surface area contributed by atoms with E-state index in [2.05, 4.69) is 22.0 Å². The molecule has 0 aliphatic heterocycles. The average molecular weight is 308 g/mol. The molecule has 1 fully saturated rings. The van der Waals surface area contributed by atoms with Gasteiger partial charge in [-0.15, -0.1) is 11.8 Å². The summed E-state index contributed by atoms with van der Waals surface area (Å²) in [5, 5.41) is 5.36. The van der Waals surface area contributed by atoms with Crippen LogP contribution in [0.25, 0.3) is 0 Å². The van der Waals surface area contributed by atoms with Crippen LogP contribution in [0.5, 0.6) is 0 Å². The van der Waals surface area contributed by atoms with Crippen LogP contribution < -0.4 is 5.73 Å². The Bertz CT molecular complexity index is 591. The summed E-state index contributed by atoms with van der Waals surface area (Å²) in [5.41, 5.74) is 7.80. The first-order valence-electron chi connectivity index (χ1n) is 6.94. The molecule has 3 nitrogen and oxygen atoms in total. The molecule has 0 amide bonds. The molecule has 0 atom stereocenters. The largest absolute Gasteiger partial charge is 0.398 e. The van der Waals surface area contributed by atoms with Crippen LogP contribution in [0.2, 0.25) is 5.02 Å². The molecule has 106 valence electrons. The fourth-order valence-corrected chi connectivity index (χ4v) is 3.66. The van der Waals surface area contributed by atoms with E-state index in [9.17, 15) is 0 Å². The van der Waals surface area contributed by atoms with Crippen LogP contribution in [0.1, 0.15) is 37.4 Å². The summed E-state index contributed by atoms with van der Waals surface area (Å²) in [6, 6.07) is 8.35. The summed E-state index contributed by atoms with van der Waals surface area (Å²) < 4.78 is 2.13. The van der Waals surface area contributed by atoms with Gasteiger partial charge in [0.1, 0.15) is 0 Å². The zero-order valence-electron chi connectivity index (χ0n) is 11.3. The van der Waals surface area contributed by atoms with Crippen molar-refractivity contribution in [2.45, 2.75) is 42.4 Å². The van der Waals surface area contributed by atoms with Crippen molar-refractivity contribution in [2.24, 2.45) is 0 Å². The standard InChI is InChI=1S/C15H18ClN3S/c16-11-5-6-15(14(17)9-11)20-10-12-7-8-19(18-12)13-3-1-2-4-13/h5-9,13H,1-4,10,17H2. The molecule has 0 saturated heterocycles. The van der Waals surface area contributed by atoms with E-state index in [1.165, 1.54) is 25.7 Å². The number of aromatic nitrogens is 2. The summed E-state index contributed by atoms with van der Waals surface area (Å²) in [6.07, 6.45) is 7.29. The maximum atomic E-state index is 5.96. The molecule has 5 heteroatoms. The highest BCUT2D eigenvalue weighted by molar-refractivity contribution is 7.98. The quantitative estimate of drug-likeness (QED) is 0.667. The third-order valence-corrected chi connectivity index (χ3v) is 5.07. The van der Waals surface area contributed by atoms with Crippen molar-refractivity contribution < 1.29 is 0 Å². The minimum Gasteiger partial charge on any atom is -0.398 e. The van der Waals surface area contributed by atoms with E-state index >= 15 is 0 Å². The highest BCUT2D eigenvalue weighted by Gasteiger charge is 2.17. The predicted octanol–water partition coefficient (Wildman–Crippen LogP) is 4.53. The number of nitrogen functional groups attached to an aromatic ring is 1. The zero-order chi connectivity index (χ0) is 13.9. The van der Waals surface area contributed by atoms with Gasteiger partial charge in [0.05, 0.1) is 11.7 Å². The normalized spacial score (nSPS) is 15.8. The Balaban J connectivity index is 1.63. The lowest BCUT2D eigenvalue weighted by Crippen LogP contribution is -2.05. The van der Waals surface area contributed by atoms with Crippen LogP contribution in [0.3, 0.4) is 0 Å². The molecular formula is C15H18ClN3S. The van der Waals surface area contributed by atoms with Gasteiger partial charge < -0.3 is 5.73 Å².